The van der Waals surface area contributed by atoms with Gasteiger partial charge in [0.05, 0.1) is 5.69 Å². The number of aromatic nitrogens is 3. The van der Waals surface area contributed by atoms with Crippen molar-refractivity contribution in [3.05, 3.63) is 88.5 Å². The smallest absolute Gasteiger partial charge is 0.267 e. The van der Waals surface area contributed by atoms with Crippen LogP contribution in [0.2, 0.25) is 0 Å². The monoisotopic (exact) mass is 345 g/mol. The number of allylic oxidation sites excluding steroid dienone is 2. The van der Waals surface area contributed by atoms with Crippen LogP contribution in [-0.4, -0.2) is 20.7 Å². The second-order valence-corrected chi connectivity index (χ2v) is 6.36. The molecule has 132 valence electrons. The van der Waals surface area contributed by atoms with E-state index in [2.05, 4.69) is 22.2 Å². The Morgan fingerprint density at radius 1 is 1.04 bits per heavy atom. The van der Waals surface area contributed by atoms with Gasteiger partial charge in [-0.05, 0) is 57.0 Å². The van der Waals surface area contributed by atoms with Gasteiger partial charge in [-0.3, -0.25) is 9.78 Å². The summed E-state index contributed by atoms with van der Waals surface area (Å²) in [6, 6.07) is 13.3. The van der Waals surface area contributed by atoms with Crippen LogP contribution >= 0.6 is 0 Å². The van der Waals surface area contributed by atoms with E-state index in [4.69, 9.17) is 0 Å². The zero-order valence-electron chi connectivity index (χ0n) is 15.7. The van der Waals surface area contributed by atoms with E-state index >= 15 is 0 Å². The van der Waals surface area contributed by atoms with Crippen LogP contribution in [-0.2, 0) is 6.42 Å². The quantitative estimate of drug-likeness (QED) is 0.697. The molecule has 0 amide bonds. The molecule has 2 heterocycles. The molecule has 0 saturated heterocycles. The zero-order chi connectivity index (χ0) is 18.7. The molecule has 0 aliphatic rings. The maximum Gasteiger partial charge on any atom is 0.278 e. The number of benzene rings is 1. The number of carbonyl (C=O) groups is 1. The van der Waals surface area contributed by atoms with Crippen LogP contribution in [0.4, 0.5) is 0 Å². The summed E-state index contributed by atoms with van der Waals surface area (Å²) < 4.78 is 1.52. The third-order valence-electron chi connectivity index (χ3n) is 4.72. The van der Waals surface area contributed by atoms with Crippen molar-refractivity contribution in [2.45, 2.75) is 34.1 Å². The molecule has 3 rings (SSSR count). The summed E-state index contributed by atoms with van der Waals surface area (Å²) in [5.41, 5.74) is 6.82. The highest BCUT2D eigenvalue weighted by Crippen LogP contribution is 2.25. The molecule has 0 aliphatic carbocycles. The van der Waals surface area contributed by atoms with Gasteiger partial charge in [-0.15, -0.1) is 0 Å². The van der Waals surface area contributed by atoms with Crippen molar-refractivity contribution in [1.29, 1.82) is 0 Å². The Hall–Kier alpha value is -3.01. The summed E-state index contributed by atoms with van der Waals surface area (Å²) in [7, 11) is 0. The van der Waals surface area contributed by atoms with Crippen molar-refractivity contribution < 1.29 is 4.79 Å². The summed E-state index contributed by atoms with van der Waals surface area (Å²) >= 11 is 0. The van der Waals surface area contributed by atoms with E-state index in [-0.39, 0.29) is 5.91 Å². The SMILES string of the molecule is C/C=C(/Cc1c(C)nn(C(=O)c2ccccc2)c1C)c1cccnc1C. The van der Waals surface area contributed by atoms with E-state index in [9.17, 15) is 4.79 Å². The predicted molar refractivity (Wildman–Crippen MR) is 104 cm³/mol. The summed E-state index contributed by atoms with van der Waals surface area (Å²) in [5.74, 6) is -0.1000. The minimum Gasteiger partial charge on any atom is -0.267 e. The molecule has 0 N–H and O–H groups in total. The van der Waals surface area contributed by atoms with Crippen LogP contribution in [0.1, 0.15) is 45.5 Å². The molecule has 0 atom stereocenters. The maximum atomic E-state index is 12.8. The van der Waals surface area contributed by atoms with Gasteiger partial charge in [-0.2, -0.15) is 5.10 Å². The van der Waals surface area contributed by atoms with Crippen LogP contribution in [0.15, 0.2) is 54.7 Å². The molecule has 3 aromatic rings. The minimum atomic E-state index is -0.1000. The zero-order valence-corrected chi connectivity index (χ0v) is 15.7. The van der Waals surface area contributed by atoms with Crippen molar-refractivity contribution in [3.8, 4) is 0 Å². The molecule has 0 spiro atoms. The second-order valence-electron chi connectivity index (χ2n) is 6.36. The Morgan fingerprint density at radius 3 is 2.42 bits per heavy atom. The molecule has 0 radical (unpaired) electrons. The average Bonchev–Trinajstić information content (AvgIpc) is 2.94. The number of aryl methyl sites for hydroxylation is 2. The van der Waals surface area contributed by atoms with Crippen LogP contribution in [0.25, 0.3) is 5.57 Å². The van der Waals surface area contributed by atoms with Gasteiger partial charge in [0, 0.05) is 35.1 Å². The van der Waals surface area contributed by atoms with Crippen molar-refractivity contribution in [2.75, 3.05) is 0 Å². The topological polar surface area (TPSA) is 47.8 Å². The largest absolute Gasteiger partial charge is 0.278 e. The summed E-state index contributed by atoms with van der Waals surface area (Å²) in [5, 5.41) is 4.51. The molecule has 2 aromatic heterocycles. The Bertz CT molecular complexity index is 968. The number of nitrogens with zero attached hydrogens (tertiary/aromatic N) is 3. The Morgan fingerprint density at radius 2 is 1.77 bits per heavy atom. The number of hydrogen-bond acceptors (Lipinski definition) is 3. The van der Waals surface area contributed by atoms with E-state index in [1.807, 2.05) is 64.1 Å². The number of pyridine rings is 1. The first-order valence-corrected chi connectivity index (χ1v) is 8.75. The first-order valence-electron chi connectivity index (χ1n) is 8.75. The lowest BCUT2D eigenvalue weighted by Crippen LogP contribution is -2.15. The maximum absolute atomic E-state index is 12.8. The van der Waals surface area contributed by atoms with Gasteiger partial charge in [0.1, 0.15) is 0 Å². The first kappa shape index (κ1) is 17.8. The fourth-order valence-corrected chi connectivity index (χ4v) is 3.20. The number of rotatable bonds is 4. The van der Waals surface area contributed by atoms with Crippen LogP contribution in [0, 0.1) is 20.8 Å². The predicted octanol–water partition coefficient (Wildman–Crippen LogP) is 4.54. The molecule has 0 fully saturated rings. The summed E-state index contributed by atoms with van der Waals surface area (Å²) in [6.07, 6.45) is 4.64. The first-order chi connectivity index (χ1) is 12.5. The number of hydrogen-bond donors (Lipinski definition) is 0. The molecule has 0 aliphatic heterocycles. The van der Waals surface area contributed by atoms with Crippen molar-refractivity contribution in [1.82, 2.24) is 14.8 Å². The molecule has 0 saturated carbocycles. The number of carbonyl (C=O) groups excluding carboxylic acids is 1. The molecule has 4 nitrogen and oxygen atoms in total. The Balaban J connectivity index is 1.96. The Labute approximate surface area is 154 Å². The summed E-state index contributed by atoms with van der Waals surface area (Å²) in [6.45, 7) is 7.97. The normalized spacial score (nSPS) is 11.6. The van der Waals surface area contributed by atoms with Gasteiger partial charge < -0.3 is 0 Å². The molecular formula is C22H23N3O. The van der Waals surface area contributed by atoms with E-state index in [0.717, 1.165) is 34.6 Å². The van der Waals surface area contributed by atoms with Crippen LogP contribution in [0.5, 0.6) is 0 Å². The van der Waals surface area contributed by atoms with Gasteiger partial charge in [0.25, 0.3) is 5.91 Å². The van der Waals surface area contributed by atoms with Crippen molar-refractivity contribution in [2.24, 2.45) is 0 Å². The highest BCUT2D eigenvalue weighted by Gasteiger charge is 2.19. The fourth-order valence-electron chi connectivity index (χ4n) is 3.20. The highest BCUT2D eigenvalue weighted by atomic mass is 16.2. The van der Waals surface area contributed by atoms with Gasteiger partial charge in [0.2, 0.25) is 0 Å². The van der Waals surface area contributed by atoms with Gasteiger partial charge in [-0.25, -0.2) is 4.68 Å². The molecule has 4 heteroatoms. The van der Waals surface area contributed by atoms with Crippen molar-refractivity contribution >= 4 is 11.5 Å². The van der Waals surface area contributed by atoms with Crippen molar-refractivity contribution in [3.63, 3.8) is 0 Å². The lowest BCUT2D eigenvalue weighted by molar-refractivity contribution is 0.0942. The highest BCUT2D eigenvalue weighted by molar-refractivity contribution is 5.96. The molecular weight excluding hydrogens is 322 g/mol. The molecule has 1 aromatic carbocycles. The van der Waals surface area contributed by atoms with E-state index in [1.165, 1.54) is 10.3 Å². The summed E-state index contributed by atoms with van der Waals surface area (Å²) in [4.78, 5) is 17.2. The van der Waals surface area contributed by atoms with E-state index in [0.29, 0.717) is 5.56 Å². The van der Waals surface area contributed by atoms with E-state index in [1.54, 1.807) is 6.20 Å². The Kier molecular flexibility index (Phi) is 5.12. The lowest BCUT2D eigenvalue weighted by atomic mass is 9.96. The van der Waals surface area contributed by atoms with Crippen LogP contribution < -0.4 is 0 Å². The minimum absolute atomic E-state index is 0.1000. The van der Waals surface area contributed by atoms with E-state index < -0.39 is 0 Å². The average molecular weight is 345 g/mol. The van der Waals surface area contributed by atoms with Gasteiger partial charge >= 0.3 is 0 Å². The van der Waals surface area contributed by atoms with Crippen LogP contribution in [0.3, 0.4) is 0 Å². The standard InChI is InChI=1S/C22H23N3O/c1-5-18(20-12-9-13-23-15(20)2)14-21-16(3)24-25(17(21)4)22(26)19-10-7-6-8-11-19/h5-13H,14H2,1-4H3/b18-5-. The molecule has 0 bridgehead atoms. The third-order valence-corrected chi connectivity index (χ3v) is 4.72. The fraction of sp³-hybridized carbons (Fsp3) is 0.227. The second kappa shape index (κ2) is 7.48. The molecule has 0 unspecified atom stereocenters. The lowest BCUT2D eigenvalue weighted by Gasteiger charge is -2.10. The van der Waals surface area contributed by atoms with Gasteiger partial charge in [0.15, 0.2) is 0 Å². The van der Waals surface area contributed by atoms with Gasteiger partial charge in [-0.1, -0.05) is 30.3 Å². The third kappa shape index (κ3) is 3.36. The molecule has 26 heavy (non-hydrogen) atoms.